The molecule has 3 N–H and O–H groups in total. The number of nitrogens with two attached hydrogens (primary N) is 1. The molecule has 1 aromatic heterocycles. The van der Waals surface area contributed by atoms with Gasteiger partial charge in [-0.25, -0.2) is 14.8 Å². The van der Waals surface area contributed by atoms with Gasteiger partial charge in [-0.2, -0.15) is 5.10 Å². The zero-order chi connectivity index (χ0) is 19.9. The van der Waals surface area contributed by atoms with E-state index in [0.717, 1.165) is 22.5 Å². The van der Waals surface area contributed by atoms with E-state index in [0.29, 0.717) is 34.5 Å². The molecule has 0 radical (unpaired) electrons. The van der Waals surface area contributed by atoms with Crippen LogP contribution in [0.2, 0.25) is 0 Å². The number of aryl methyl sites for hydroxylation is 1. The Labute approximate surface area is 165 Å². The van der Waals surface area contributed by atoms with Gasteiger partial charge in [-0.05, 0) is 41.8 Å². The Kier molecular flexibility index (Phi) is 6.33. The summed E-state index contributed by atoms with van der Waals surface area (Å²) in [5.41, 5.74) is 10.4. The number of benzene rings is 2. The minimum Gasteiger partial charge on any atom is -0.489 e. The first-order valence-corrected chi connectivity index (χ1v) is 9.42. The number of carbonyl (C=O) groups is 1. The van der Waals surface area contributed by atoms with Gasteiger partial charge in [-0.1, -0.05) is 42.5 Å². The summed E-state index contributed by atoms with van der Waals surface area (Å²) in [5, 5.41) is 4.35. The second-order valence-electron chi connectivity index (χ2n) is 5.87. The highest BCUT2D eigenvalue weighted by Gasteiger charge is 2.15. The number of carbonyl (C=O) groups excluding carboxylic acids is 1. The average molecular weight is 398 g/mol. The van der Waals surface area contributed by atoms with Crippen molar-refractivity contribution in [1.29, 1.82) is 0 Å². The van der Waals surface area contributed by atoms with Crippen LogP contribution in [0.4, 0.5) is 9.52 Å². The van der Waals surface area contributed by atoms with Crippen molar-refractivity contribution < 1.29 is 13.9 Å². The molecule has 6 nitrogen and oxygen atoms in total. The molecule has 0 aliphatic carbocycles. The Morgan fingerprint density at radius 3 is 2.86 bits per heavy atom. The summed E-state index contributed by atoms with van der Waals surface area (Å²) in [5.74, 6) is 0.0187. The fourth-order valence-corrected chi connectivity index (χ4v) is 3.25. The monoisotopic (exact) mass is 398 g/mol. The van der Waals surface area contributed by atoms with Crippen molar-refractivity contribution in [3.63, 3.8) is 0 Å². The van der Waals surface area contributed by atoms with Crippen LogP contribution in [-0.2, 0) is 13.0 Å². The molecule has 0 bridgehead atoms. The van der Waals surface area contributed by atoms with Crippen molar-refractivity contribution in [3.8, 4) is 5.75 Å². The van der Waals surface area contributed by atoms with Gasteiger partial charge in [-0.15, -0.1) is 0 Å². The summed E-state index contributed by atoms with van der Waals surface area (Å²) < 4.78 is 18.6. The standard InChI is InChI=1S/C20H19FN4O2S/c1-2-17-18(28-20(22)24-17)19(26)25-23-11-14-4-3-5-16(10-14)27-12-13-6-8-15(21)9-7-13/h3-11H,2,12H2,1H3,(H2,22,24)(H,25,26). The summed E-state index contributed by atoms with van der Waals surface area (Å²) in [7, 11) is 0. The molecule has 0 saturated carbocycles. The molecule has 3 rings (SSSR count). The van der Waals surface area contributed by atoms with Gasteiger partial charge in [0, 0.05) is 0 Å². The van der Waals surface area contributed by atoms with Crippen LogP contribution in [-0.4, -0.2) is 17.1 Å². The number of hydrogen-bond donors (Lipinski definition) is 2. The SMILES string of the molecule is CCc1nc(N)sc1C(=O)NN=Cc1cccc(OCc2ccc(F)cc2)c1. The summed E-state index contributed by atoms with van der Waals surface area (Å²) >= 11 is 1.14. The molecule has 0 saturated heterocycles. The molecule has 1 heterocycles. The number of thiazole rings is 1. The molecule has 144 valence electrons. The molecular weight excluding hydrogens is 379 g/mol. The van der Waals surface area contributed by atoms with Gasteiger partial charge < -0.3 is 10.5 Å². The maximum absolute atomic E-state index is 12.9. The lowest BCUT2D eigenvalue weighted by atomic mass is 10.2. The zero-order valence-corrected chi connectivity index (χ0v) is 16.0. The first-order valence-electron chi connectivity index (χ1n) is 8.61. The molecule has 0 unspecified atom stereocenters. The van der Waals surface area contributed by atoms with E-state index in [2.05, 4.69) is 15.5 Å². The number of rotatable bonds is 7. The van der Waals surface area contributed by atoms with Crippen molar-refractivity contribution in [2.45, 2.75) is 20.0 Å². The number of halogens is 1. The van der Waals surface area contributed by atoms with Crippen molar-refractivity contribution in [2.75, 3.05) is 5.73 Å². The smallest absolute Gasteiger partial charge is 0.283 e. The minimum atomic E-state index is -0.342. The van der Waals surface area contributed by atoms with E-state index < -0.39 is 0 Å². The normalized spacial score (nSPS) is 10.9. The fraction of sp³-hybridized carbons (Fsp3) is 0.150. The molecule has 28 heavy (non-hydrogen) atoms. The predicted octanol–water partition coefficient (Wildman–Crippen LogP) is 3.77. The van der Waals surface area contributed by atoms with Gasteiger partial charge in [0.05, 0.1) is 11.9 Å². The molecule has 0 aliphatic rings. The Morgan fingerprint density at radius 2 is 2.11 bits per heavy atom. The third kappa shape index (κ3) is 5.14. The lowest BCUT2D eigenvalue weighted by Gasteiger charge is -2.07. The van der Waals surface area contributed by atoms with E-state index in [1.807, 2.05) is 25.1 Å². The summed E-state index contributed by atoms with van der Waals surface area (Å²) in [6.45, 7) is 2.23. The van der Waals surface area contributed by atoms with E-state index in [1.165, 1.54) is 18.3 Å². The number of nitrogen functional groups attached to an aromatic ring is 1. The summed E-state index contributed by atoms with van der Waals surface area (Å²) in [4.78, 5) is 16.8. The van der Waals surface area contributed by atoms with Crippen LogP contribution in [0.15, 0.2) is 53.6 Å². The predicted molar refractivity (Wildman–Crippen MR) is 108 cm³/mol. The third-order valence-corrected chi connectivity index (χ3v) is 4.74. The molecule has 3 aromatic rings. The van der Waals surface area contributed by atoms with E-state index in [9.17, 15) is 9.18 Å². The maximum Gasteiger partial charge on any atom is 0.283 e. The quantitative estimate of drug-likeness (QED) is 0.468. The Balaban J connectivity index is 1.59. The lowest BCUT2D eigenvalue weighted by Crippen LogP contribution is -2.17. The topological polar surface area (TPSA) is 89.6 Å². The fourth-order valence-electron chi connectivity index (χ4n) is 2.44. The van der Waals surface area contributed by atoms with Crippen LogP contribution in [0.3, 0.4) is 0 Å². The van der Waals surface area contributed by atoms with Crippen molar-refractivity contribution >= 4 is 28.6 Å². The Bertz CT molecular complexity index is 986. The average Bonchev–Trinajstić information content (AvgIpc) is 3.09. The van der Waals surface area contributed by atoms with Crippen molar-refractivity contribution in [3.05, 3.63) is 76.0 Å². The van der Waals surface area contributed by atoms with Gasteiger partial charge in [0.15, 0.2) is 5.13 Å². The molecular formula is C20H19FN4O2S. The van der Waals surface area contributed by atoms with Crippen molar-refractivity contribution in [1.82, 2.24) is 10.4 Å². The molecule has 1 amide bonds. The van der Waals surface area contributed by atoms with Crippen molar-refractivity contribution in [2.24, 2.45) is 5.10 Å². The molecule has 0 aliphatic heterocycles. The van der Waals surface area contributed by atoms with Crippen LogP contribution in [0.1, 0.15) is 33.4 Å². The number of hydrazone groups is 1. The second kappa shape index (κ2) is 9.09. The minimum absolute atomic E-state index is 0.281. The molecule has 0 spiro atoms. The molecule has 8 heteroatoms. The van der Waals surface area contributed by atoms with Crippen LogP contribution in [0.25, 0.3) is 0 Å². The van der Waals surface area contributed by atoms with Crippen LogP contribution >= 0.6 is 11.3 Å². The molecule has 0 fully saturated rings. The van der Waals surface area contributed by atoms with E-state index >= 15 is 0 Å². The highest BCUT2D eigenvalue weighted by Crippen LogP contribution is 2.20. The number of hydrogen-bond acceptors (Lipinski definition) is 6. The Morgan fingerprint density at radius 1 is 1.32 bits per heavy atom. The van der Waals surface area contributed by atoms with Gasteiger partial charge >= 0.3 is 0 Å². The van der Waals surface area contributed by atoms with E-state index in [-0.39, 0.29) is 11.7 Å². The number of anilines is 1. The number of aromatic nitrogens is 1. The van der Waals surface area contributed by atoms with E-state index in [4.69, 9.17) is 10.5 Å². The van der Waals surface area contributed by atoms with Gasteiger partial charge in [0.25, 0.3) is 5.91 Å². The van der Waals surface area contributed by atoms with Gasteiger partial charge in [-0.3, -0.25) is 4.79 Å². The number of nitrogens with one attached hydrogen (secondary N) is 1. The van der Waals surface area contributed by atoms with E-state index in [1.54, 1.807) is 18.2 Å². The van der Waals surface area contributed by atoms with Crippen LogP contribution < -0.4 is 15.9 Å². The first kappa shape index (κ1) is 19.5. The zero-order valence-electron chi connectivity index (χ0n) is 15.2. The summed E-state index contributed by atoms with van der Waals surface area (Å²) in [6.07, 6.45) is 2.15. The lowest BCUT2D eigenvalue weighted by molar-refractivity contribution is 0.0958. The molecule has 2 aromatic carbocycles. The summed E-state index contributed by atoms with van der Waals surface area (Å²) in [6, 6.07) is 13.4. The van der Waals surface area contributed by atoms with Gasteiger partial charge in [0.1, 0.15) is 23.1 Å². The number of ether oxygens (including phenoxy) is 1. The third-order valence-electron chi connectivity index (χ3n) is 3.81. The maximum atomic E-state index is 12.9. The second-order valence-corrected chi connectivity index (χ2v) is 6.90. The van der Waals surface area contributed by atoms with Crippen LogP contribution in [0, 0.1) is 5.82 Å². The van der Waals surface area contributed by atoms with Gasteiger partial charge in [0.2, 0.25) is 0 Å². The first-order chi connectivity index (χ1) is 13.5. The highest BCUT2D eigenvalue weighted by atomic mass is 32.1. The molecule has 0 atom stereocenters. The largest absolute Gasteiger partial charge is 0.489 e. The number of amides is 1. The van der Waals surface area contributed by atoms with Crippen LogP contribution in [0.5, 0.6) is 5.75 Å². The Hall–Kier alpha value is -3.26. The highest BCUT2D eigenvalue weighted by molar-refractivity contribution is 7.17. The number of nitrogens with zero attached hydrogens (tertiary/aromatic N) is 2.